The Morgan fingerprint density at radius 3 is 2.51 bits per heavy atom. The van der Waals surface area contributed by atoms with Crippen LogP contribution in [-0.4, -0.2) is 70.5 Å². The minimum absolute atomic E-state index is 0.0877. The summed E-state index contributed by atoms with van der Waals surface area (Å²) in [4.78, 5) is 46.5. The van der Waals surface area contributed by atoms with E-state index in [4.69, 9.17) is 16.0 Å². The van der Waals surface area contributed by atoms with Crippen molar-refractivity contribution in [3.63, 3.8) is 0 Å². The van der Waals surface area contributed by atoms with Gasteiger partial charge in [-0.25, -0.2) is 4.99 Å². The molecule has 0 N–H and O–H groups in total. The van der Waals surface area contributed by atoms with Crippen LogP contribution in [0.25, 0.3) is 5.57 Å². The van der Waals surface area contributed by atoms with Gasteiger partial charge in [0.2, 0.25) is 5.91 Å². The van der Waals surface area contributed by atoms with Gasteiger partial charge in [0, 0.05) is 37.3 Å². The van der Waals surface area contributed by atoms with Gasteiger partial charge in [-0.05, 0) is 23.8 Å². The first-order chi connectivity index (χ1) is 17.0. The maximum atomic E-state index is 13.0. The Morgan fingerprint density at radius 1 is 1.06 bits per heavy atom. The number of allylic oxidation sites excluding steroid dienone is 5. The highest BCUT2D eigenvalue weighted by atomic mass is 35.5. The molecule has 0 saturated carbocycles. The van der Waals surface area contributed by atoms with Crippen molar-refractivity contribution in [2.24, 2.45) is 4.99 Å². The number of carbonyl (C=O) groups excluding carboxylic acids is 3. The highest BCUT2D eigenvalue weighted by Gasteiger charge is 2.31. The summed E-state index contributed by atoms with van der Waals surface area (Å²) >= 11 is 7.54. The number of hydrogen-bond acceptors (Lipinski definition) is 5. The molecule has 1 aliphatic carbocycles. The summed E-state index contributed by atoms with van der Waals surface area (Å²) in [6.07, 6.45) is 6.91. The molecule has 35 heavy (non-hydrogen) atoms. The van der Waals surface area contributed by atoms with E-state index in [1.165, 1.54) is 18.0 Å². The minimum atomic E-state index is -0.361. The average molecular weight is 508 g/mol. The van der Waals surface area contributed by atoms with Gasteiger partial charge in [0.25, 0.3) is 11.8 Å². The fraction of sp³-hybridized carbons (Fsp3) is 0.231. The van der Waals surface area contributed by atoms with Crippen LogP contribution in [-0.2, 0) is 9.59 Å². The van der Waals surface area contributed by atoms with E-state index >= 15 is 0 Å². The molecule has 1 aromatic heterocycles. The van der Waals surface area contributed by atoms with E-state index in [1.54, 1.807) is 34.1 Å². The molecule has 3 aliphatic rings. The van der Waals surface area contributed by atoms with Gasteiger partial charge in [-0.3, -0.25) is 14.4 Å². The molecule has 5 rings (SSSR count). The Balaban J connectivity index is 1.30. The number of halogens is 1. The molecule has 7 nitrogen and oxygen atoms in total. The summed E-state index contributed by atoms with van der Waals surface area (Å²) in [6, 6.07) is 12.9. The Kier molecular flexibility index (Phi) is 6.74. The van der Waals surface area contributed by atoms with Crippen LogP contribution in [0.1, 0.15) is 16.1 Å². The summed E-state index contributed by atoms with van der Waals surface area (Å²) in [5.41, 5.74) is 3.01. The number of piperazine rings is 1. The van der Waals surface area contributed by atoms with Gasteiger partial charge in [0.05, 0.1) is 28.0 Å². The third-order valence-corrected chi connectivity index (χ3v) is 7.34. The first kappa shape index (κ1) is 23.4. The molecule has 2 aromatic rings. The fourth-order valence-electron chi connectivity index (χ4n) is 4.24. The quantitative estimate of drug-likeness (QED) is 0.575. The number of carbonyl (C=O) groups is 3. The number of dihydropyridines is 1. The van der Waals surface area contributed by atoms with E-state index in [0.717, 1.165) is 16.7 Å². The second-order valence-corrected chi connectivity index (χ2v) is 9.68. The summed E-state index contributed by atoms with van der Waals surface area (Å²) in [7, 11) is 0. The van der Waals surface area contributed by atoms with Gasteiger partial charge < -0.3 is 14.2 Å². The predicted octanol–water partition coefficient (Wildman–Crippen LogP) is 3.79. The lowest BCUT2D eigenvalue weighted by Crippen LogP contribution is -2.51. The molecule has 1 aromatic carbocycles. The zero-order valence-corrected chi connectivity index (χ0v) is 20.3. The molecule has 3 amide bonds. The lowest BCUT2D eigenvalue weighted by molar-refractivity contribution is -0.129. The van der Waals surface area contributed by atoms with Gasteiger partial charge in [0.1, 0.15) is 0 Å². The molecule has 178 valence electrons. The summed E-state index contributed by atoms with van der Waals surface area (Å²) in [5.74, 6) is -0.233. The molecular weight excluding hydrogens is 486 g/mol. The number of amides is 3. The maximum Gasteiger partial charge on any atom is 0.289 e. The molecule has 3 heterocycles. The van der Waals surface area contributed by atoms with Crippen LogP contribution >= 0.6 is 23.4 Å². The predicted molar refractivity (Wildman–Crippen MR) is 136 cm³/mol. The standard InChI is InChI=1S/C26H22ClN3O4S/c27-18-8-9-20-19(15-18)23(17-5-2-1-3-6-17)24(25(32)28-20)35-16-22(31)29-10-12-30(13-11-29)26(33)21-7-4-14-34-21/h1-9,14-15,18H,10-13,16H2. The zero-order valence-electron chi connectivity index (χ0n) is 18.7. The van der Waals surface area contributed by atoms with E-state index in [-0.39, 0.29) is 28.9 Å². The number of nitrogens with zero attached hydrogens (tertiary/aromatic N) is 3. The molecule has 1 fully saturated rings. The van der Waals surface area contributed by atoms with Gasteiger partial charge in [-0.1, -0.05) is 42.5 Å². The van der Waals surface area contributed by atoms with Crippen LogP contribution in [0.4, 0.5) is 0 Å². The van der Waals surface area contributed by atoms with Crippen molar-refractivity contribution in [2.75, 3.05) is 31.9 Å². The first-order valence-electron chi connectivity index (χ1n) is 11.2. The Labute approximate surface area is 211 Å². The van der Waals surface area contributed by atoms with Crippen LogP contribution in [0.3, 0.4) is 0 Å². The largest absolute Gasteiger partial charge is 0.459 e. The monoisotopic (exact) mass is 507 g/mol. The molecule has 0 radical (unpaired) electrons. The zero-order chi connectivity index (χ0) is 24.4. The van der Waals surface area contributed by atoms with E-state index < -0.39 is 0 Å². The van der Waals surface area contributed by atoms with Crippen LogP contribution in [0, 0.1) is 0 Å². The Bertz CT molecular complexity index is 1270. The number of hydrogen-bond donors (Lipinski definition) is 0. The average Bonchev–Trinajstić information content (AvgIpc) is 3.42. The van der Waals surface area contributed by atoms with Crippen LogP contribution < -0.4 is 0 Å². The van der Waals surface area contributed by atoms with Crippen molar-refractivity contribution in [3.05, 3.63) is 88.8 Å². The summed E-state index contributed by atoms with van der Waals surface area (Å²) < 4.78 is 5.19. The van der Waals surface area contributed by atoms with E-state index in [0.29, 0.717) is 42.6 Å². The normalized spacial score (nSPS) is 19.9. The fourth-order valence-corrected chi connectivity index (χ4v) is 5.43. The number of alkyl halides is 1. The topological polar surface area (TPSA) is 83.2 Å². The molecular formula is C26H22ClN3O4S. The lowest BCUT2D eigenvalue weighted by Gasteiger charge is -2.34. The number of benzene rings is 1. The number of aliphatic imine (C=N–C) groups is 1. The molecule has 1 atom stereocenters. The van der Waals surface area contributed by atoms with E-state index in [1.807, 2.05) is 36.4 Å². The SMILES string of the molecule is O=C1N=C2C=CC(Cl)C=C2C(c2ccccc2)=C1SCC(=O)N1CCN(C(=O)c2ccco2)CC1. The van der Waals surface area contributed by atoms with E-state index in [9.17, 15) is 14.4 Å². The van der Waals surface area contributed by atoms with Gasteiger partial charge in [-0.15, -0.1) is 23.4 Å². The molecule has 1 unspecified atom stereocenters. The highest BCUT2D eigenvalue weighted by Crippen LogP contribution is 2.39. The first-order valence-corrected chi connectivity index (χ1v) is 12.6. The summed E-state index contributed by atoms with van der Waals surface area (Å²) in [6.45, 7) is 1.71. The van der Waals surface area contributed by atoms with E-state index in [2.05, 4.69) is 4.99 Å². The van der Waals surface area contributed by atoms with Gasteiger partial charge in [-0.2, -0.15) is 0 Å². The van der Waals surface area contributed by atoms with Gasteiger partial charge >= 0.3 is 0 Å². The molecule has 9 heteroatoms. The van der Waals surface area contributed by atoms with Crippen molar-refractivity contribution in [1.29, 1.82) is 0 Å². The Morgan fingerprint density at radius 2 is 1.80 bits per heavy atom. The number of rotatable bonds is 5. The van der Waals surface area contributed by atoms with Crippen molar-refractivity contribution >= 4 is 52.4 Å². The molecule has 1 saturated heterocycles. The molecule has 0 spiro atoms. The van der Waals surface area contributed by atoms with Crippen molar-refractivity contribution in [1.82, 2.24) is 9.80 Å². The maximum absolute atomic E-state index is 13.0. The van der Waals surface area contributed by atoms with Crippen LogP contribution in [0.5, 0.6) is 0 Å². The minimum Gasteiger partial charge on any atom is -0.459 e. The van der Waals surface area contributed by atoms with Crippen molar-refractivity contribution in [3.8, 4) is 0 Å². The lowest BCUT2D eigenvalue weighted by atomic mass is 9.88. The number of fused-ring (bicyclic) bond motifs is 1. The summed E-state index contributed by atoms with van der Waals surface area (Å²) in [5, 5.41) is -0.302. The van der Waals surface area contributed by atoms with Crippen molar-refractivity contribution in [2.45, 2.75) is 5.38 Å². The molecule has 0 bridgehead atoms. The molecule has 2 aliphatic heterocycles. The van der Waals surface area contributed by atoms with Crippen LogP contribution in [0.15, 0.2) is 86.8 Å². The second kappa shape index (κ2) is 10.1. The number of thioether (sulfide) groups is 1. The van der Waals surface area contributed by atoms with Gasteiger partial charge in [0.15, 0.2) is 5.76 Å². The second-order valence-electron chi connectivity index (χ2n) is 8.20. The van der Waals surface area contributed by atoms with Crippen molar-refractivity contribution < 1.29 is 18.8 Å². The Hall–Kier alpha value is -3.36. The smallest absolute Gasteiger partial charge is 0.289 e. The third-order valence-electron chi connectivity index (χ3n) is 6.01. The van der Waals surface area contributed by atoms with Crippen LogP contribution in [0.2, 0.25) is 0 Å². The third kappa shape index (κ3) is 4.90. The number of furan rings is 1. The highest BCUT2D eigenvalue weighted by molar-refractivity contribution is 8.04.